The Morgan fingerprint density at radius 1 is 0.632 bits per heavy atom. The first-order valence-corrected chi connectivity index (χ1v) is 21.5. The molecule has 10 nitrogen and oxygen atoms in total. The van der Waals surface area contributed by atoms with Crippen molar-refractivity contribution < 1.29 is 9.59 Å². The molecule has 3 aliphatic heterocycles. The molecule has 0 bridgehead atoms. The fourth-order valence-corrected chi connectivity index (χ4v) is 12.1. The maximum atomic E-state index is 13.2. The first-order valence-electron chi connectivity index (χ1n) is 21.2. The van der Waals surface area contributed by atoms with E-state index in [2.05, 4.69) is 66.1 Å². The number of hydrogen-bond donors (Lipinski definition) is 5. The van der Waals surface area contributed by atoms with Gasteiger partial charge in [-0.05, 0) is 124 Å². The Morgan fingerprint density at radius 3 is 1.68 bits per heavy atom. The molecule has 0 atom stereocenters. The SMILES string of the molecule is O=C1NC2(CC2)C2(CC2)c2[nH]c3c(c21)CCc1cnc(-c2ccc(N4CCNCC4)cc2)cc1-3.O=C1NC2(CC2)C2(CC2)c2[nH]c3c(c21)CCc1cnc(Cl)cc1-3. The van der Waals surface area contributed by atoms with Crippen molar-refractivity contribution in [2.75, 3.05) is 31.1 Å². The number of piperazine rings is 1. The predicted octanol–water partition coefficient (Wildman–Crippen LogP) is 6.70. The minimum atomic E-state index is 0.0307. The lowest BCUT2D eigenvalue weighted by molar-refractivity contribution is 0.0890. The van der Waals surface area contributed by atoms with Crippen LogP contribution in [0.25, 0.3) is 33.8 Å². The number of amides is 2. The third-order valence-corrected chi connectivity index (χ3v) is 15.8. The van der Waals surface area contributed by atoms with Gasteiger partial charge in [0.15, 0.2) is 0 Å². The Hall–Kier alpha value is -4.93. The number of H-pyrrole nitrogens is 2. The maximum absolute atomic E-state index is 13.2. The zero-order valence-corrected chi connectivity index (χ0v) is 32.7. The molecule has 57 heavy (non-hydrogen) atoms. The number of halogens is 1. The molecule has 5 N–H and O–H groups in total. The molecule has 4 aromatic heterocycles. The van der Waals surface area contributed by atoms with Gasteiger partial charge in [-0.2, -0.15) is 0 Å². The third-order valence-electron chi connectivity index (χ3n) is 15.6. The molecule has 2 amide bonds. The van der Waals surface area contributed by atoms with Gasteiger partial charge in [0, 0.05) is 83.2 Å². The number of nitrogens with one attached hydrogen (secondary N) is 5. The number of aryl methyl sites for hydroxylation is 2. The highest BCUT2D eigenvalue weighted by Crippen LogP contribution is 2.68. The van der Waals surface area contributed by atoms with Gasteiger partial charge in [-0.3, -0.25) is 14.6 Å². The van der Waals surface area contributed by atoms with E-state index in [1.54, 1.807) is 0 Å². The van der Waals surface area contributed by atoms with Crippen LogP contribution in [0.15, 0.2) is 48.8 Å². The number of hydrogen-bond acceptors (Lipinski definition) is 6. The van der Waals surface area contributed by atoms with E-state index in [4.69, 9.17) is 16.6 Å². The van der Waals surface area contributed by atoms with E-state index < -0.39 is 0 Å². The van der Waals surface area contributed by atoms with Gasteiger partial charge in [0.05, 0.1) is 39.3 Å². The second-order valence-corrected chi connectivity index (χ2v) is 18.8. The van der Waals surface area contributed by atoms with Gasteiger partial charge >= 0.3 is 0 Å². The molecule has 0 unspecified atom stereocenters. The Bertz CT molecular complexity index is 2600. The molecule has 9 aliphatic rings. The van der Waals surface area contributed by atoms with Crippen LogP contribution in [0.5, 0.6) is 0 Å². The number of anilines is 1. The zero-order chi connectivity index (χ0) is 37.9. The number of aromatic amines is 2. The second kappa shape index (κ2) is 11.2. The van der Waals surface area contributed by atoms with Gasteiger partial charge in [0.1, 0.15) is 5.15 Å². The van der Waals surface area contributed by atoms with Crippen molar-refractivity contribution in [2.45, 2.75) is 99.0 Å². The Kier molecular flexibility index (Phi) is 6.48. The molecule has 5 aromatic rings. The molecule has 14 rings (SSSR count). The summed E-state index contributed by atoms with van der Waals surface area (Å²) in [5.41, 5.74) is 17.6. The van der Waals surface area contributed by atoms with Crippen molar-refractivity contribution in [3.63, 3.8) is 0 Å². The van der Waals surface area contributed by atoms with Crippen LogP contribution in [0.1, 0.15) is 106 Å². The molecule has 6 aliphatic carbocycles. The summed E-state index contributed by atoms with van der Waals surface area (Å²) in [6.07, 6.45) is 16.8. The number of pyridine rings is 2. The van der Waals surface area contributed by atoms with E-state index in [0.29, 0.717) is 5.15 Å². The second-order valence-electron chi connectivity index (χ2n) is 18.4. The molecular formula is C46H45ClN8O2. The average molecular weight is 777 g/mol. The van der Waals surface area contributed by atoms with Crippen molar-refractivity contribution in [1.29, 1.82) is 0 Å². The molecule has 11 heteroatoms. The van der Waals surface area contributed by atoms with Gasteiger partial charge in [0.25, 0.3) is 11.8 Å². The first-order chi connectivity index (χ1) is 27.8. The predicted molar refractivity (Wildman–Crippen MR) is 219 cm³/mol. The van der Waals surface area contributed by atoms with Crippen LogP contribution < -0.4 is 20.9 Å². The zero-order valence-electron chi connectivity index (χ0n) is 32.0. The monoisotopic (exact) mass is 776 g/mol. The molecule has 1 aromatic carbocycles. The van der Waals surface area contributed by atoms with Crippen LogP contribution in [0.3, 0.4) is 0 Å². The lowest BCUT2D eigenvalue weighted by Gasteiger charge is -2.33. The fraction of sp³-hybridized carbons (Fsp3) is 0.435. The molecular weight excluding hydrogens is 732 g/mol. The number of fused-ring (bicyclic) bond motifs is 14. The summed E-state index contributed by atoms with van der Waals surface area (Å²) in [5.74, 6) is 0.264. The number of carbonyl (C=O) groups excluding carboxylic acids is 2. The topological polar surface area (TPSA) is 131 Å². The molecule has 4 saturated carbocycles. The summed E-state index contributed by atoms with van der Waals surface area (Å²) in [6.45, 7) is 4.17. The van der Waals surface area contributed by atoms with Gasteiger partial charge in [-0.25, -0.2) is 4.98 Å². The number of nitrogens with zero attached hydrogens (tertiary/aromatic N) is 3. The number of aromatic nitrogens is 4. The van der Waals surface area contributed by atoms with E-state index in [-0.39, 0.29) is 33.7 Å². The largest absolute Gasteiger partial charge is 0.369 e. The Labute approximate surface area is 336 Å². The van der Waals surface area contributed by atoms with Crippen LogP contribution in [0.2, 0.25) is 5.15 Å². The summed E-state index contributed by atoms with van der Waals surface area (Å²) in [6, 6.07) is 13.0. The lowest BCUT2D eigenvalue weighted by Crippen LogP contribution is -2.51. The summed E-state index contributed by atoms with van der Waals surface area (Å²) in [5, 5.41) is 10.7. The van der Waals surface area contributed by atoms with Gasteiger partial charge in [0.2, 0.25) is 0 Å². The van der Waals surface area contributed by atoms with E-state index in [9.17, 15) is 9.59 Å². The highest BCUT2D eigenvalue weighted by Gasteiger charge is 2.72. The van der Waals surface area contributed by atoms with Crippen LogP contribution in [0, 0.1) is 0 Å². The third kappa shape index (κ3) is 4.51. The summed E-state index contributed by atoms with van der Waals surface area (Å²) in [4.78, 5) is 45.0. The number of benzene rings is 1. The maximum Gasteiger partial charge on any atom is 0.253 e. The van der Waals surface area contributed by atoms with Crippen molar-refractivity contribution >= 4 is 29.1 Å². The van der Waals surface area contributed by atoms with Gasteiger partial charge in [-0.15, -0.1) is 0 Å². The fourth-order valence-electron chi connectivity index (χ4n) is 11.9. The van der Waals surface area contributed by atoms with Crippen molar-refractivity contribution in [3.05, 3.63) is 98.7 Å². The Balaban J connectivity index is 0.000000128. The normalized spacial score (nSPS) is 23.2. The molecule has 5 fully saturated rings. The molecule has 288 valence electrons. The molecule has 7 heterocycles. The standard InChI is InChI=1S/C28H29N5O.C18H16ClN3O/c34-26-23-20-6-3-18-16-30-22(17-1-4-19(5-2-17)33-13-11-29-12-14-33)15-21(18)24(20)31-25(23)27(7-8-27)28(32-26)9-10-28;19-12-7-11-9(8-20-12)1-2-10-13-15(21-14(10)11)17(3-4-17)18(5-6-18)22-16(13)23/h1-2,4-5,15-16,29,31H,3,6-14H2,(H,32,34);7-8,21H,1-6H2,(H,22,23). The van der Waals surface area contributed by atoms with Crippen LogP contribution in [0.4, 0.5) is 5.69 Å². The summed E-state index contributed by atoms with van der Waals surface area (Å²) in [7, 11) is 0. The summed E-state index contributed by atoms with van der Waals surface area (Å²) >= 11 is 6.12. The highest BCUT2D eigenvalue weighted by molar-refractivity contribution is 6.29. The van der Waals surface area contributed by atoms with Crippen LogP contribution in [-0.2, 0) is 36.5 Å². The first kappa shape index (κ1) is 33.1. The van der Waals surface area contributed by atoms with Gasteiger partial charge in [-0.1, -0.05) is 23.7 Å². The lowest BCUT2D eigenvalue weighted by atomic mass is 9.81. The molecule has 1 saturated heterocycles. The van der Waals surface area contributed by atoms with E-state index in [1.165, 1.54) is 70.6 Å². The Morgan fingerprint density at radius 2 is 1.16 bits per heavy atom. The average Bonchev–Trinajstić information content (AvgIpc) is 4.06. The highest BCUT2D eigenvalue weighted by atomic mass is 35.5. The minimum Gasteiger partial charge on any atom is -0.369 e. The number of carbonyl (C=O) groups is 2. The van der Waals surface area contributed by atoms with Crippen LogP contribution in [-0.4, -0.2) is 69.0 Å². The minimum absolute atomic E-state index is 0.0307. The molecule has 4 spiro atoms. The molecule has 0 radical (unpaired) electrons. The number of rotatable bonds is 2. The quantitative estimate of drug-likeness (QED) is 0.127. The van der Waals surface area contributed by atoms with Crippen LogP contribution >= 0.6 is 11.6 Å². The van der Waals surface area contributed by atoms with E-state index >= 15 is 0 Å². The van der Waals surface area contributed by atoms with Gasteiger partial charge < -0.3 is 30.8 Å². The van der Waals surface area contributed by atoms with Crippen molar-refractivity contribution in [2.24, 2.45) is 0 Å². The summed E-state index contributed by atoms with van der Waals surface area (Å²) < 4.78 is 0. The van der Waals surface area contributed by atoms with Crippen molar-refractivity contribution in [3.8, 4) is 33.8 Å². The smallest absolute Gasteiger partial charge is 0.253 e. The van der Waals surface area contributed by atoms with E-state index in [1.807, 2.05) is 18.5 Å². The van der Waals surface area contributed by atoms with E-state index in [0.717, 1.165) is 117 Å². The van der Waals surface area contributed by atoms with Crippen molar-refractivity contribution in [1.82, 2.24) is 35.9 Å².